The van der Waals surface area contributed by atoms with Gasteiger partial charge in [0.15, 0.2) is 0 Å². The molecule has 0 aliphatic carbocycles. The summed E-state index contributed by atoms with van der Waals surface area (Å²) < 4.78 is 32.7. The molecule has 0 amide bonds. The molecular weight excluding hydrogens is 288 g/mol. The Balaban J connectivity index is 2.39. The number of nitrogens with one attached hydrogen (secondary N) is 1. The molecule has 1 aromatic carbocycles. The zero-order valence-electron chi connectivity index (χ0n) is 12.9. The third-order valence-corrected chi connectivity index (χ3v) is 5.98. The van der Waals surface area contributed by atoms with Crippen LogP contribution in [-0.2, 0) is 16.6 Å². The number of rotatable bonds is 6. The summed E-state index contributed by atoms with van der Waals surface area (Å²) in [5.74, 6) is 0.421. The van der Waals surface area contributed by atoms with Crippen LogP contribution in [0.4, 0.5) is 0 Å². The Morgan fingerprint density at radius 1 is 1.43 bits per heavy atom. The van der Waals surface area contributed by atoms with E-state index in [1.165, 1.54) is 7.11 Å². The summed E-state index contributed by atoms with van der Waals surface area (Å²) in [6.45, 7) is 3.31. The molecule has 0 spiro atoms. The van der Waals surface area contributed by atoms with Crippen LogP contribution in [0.2, 0.25) is 0 Å². The largest absolute Gasteiger partial charge is 0.495 e. The predicted octanol–water partition coefficient (Wildman–Crippen LogP) is 1.98. The second-order valence-corrected chi connectivity index (χ2v) is 7.19. The van der Waals surface area contributed by atoms with Crippen LogP contribution in [0.3, 0.4) is 0 Å². The summed E-state index contributed by atoms with van der Waals surface area (Å²) >= 11 is 0. The molecule has 1 heterocycles. The average molecular weight is 312 g/mol. The molecule has 0 radical (unpaired) electrons. The molecule has 1 aliphatic rings. The van der Waals surface area contributed by atoms with Gasteiger partial charge in [-0.05, 0) is 44.0 Å². The van der Waals surface area contributed by atoms with Gasteiger partial charge in [0, 0.05) is 19.1 Å². The lowest BCUT2D eigenvalue weighted by atomic mass is 10.2. The molecule has 0 bridgehead atoms. The maximum absolute atomic E-state index is 12.9. The Labute approximate surface area is 127 Å². The van der Waals surface area contributed by atoms with Gasteiger partial charge in [-0.3, -0.25) is 0 Å². The van der Waals surface area contributed by atoms with Gasteiger partial charge in [0.05, 0.1) is 7.11 Å². The summed E-state index contributed by atoms with van der Waals surface area (Å²) in [5, 5.41) is 3.05. The quantitative estimate of drug-likeness (QED) is 0.872. The molecule has 118 valence electrons. The molecule has 5 nitrogen and oxygen atoms in total. The lowest BCUT2D eigenvalue weighted by Crippen LogP contribution is -2.35. The topological polar surface area (TPSA) is 58.6 Å². The van der Waals surface area contributed by atoms with Crippen LogP contribution in [0.5, 0.6) is 5.75 Å². The zero-order valence-corrected chi connectivity index (χ0v) is 13.7. The molecule has 1 aromatic rings. The Morgan fingerprint density at radius 3 is 2.81 bits per heavy atom. The summed E-state index contributed by atoms with van der Waals surface area (Å²) in [6.07, 6.45) is 2.72. The van der Waals surface area contributed by atoms with Crippen LogP contribution in [0, 0.1) is 0 Å². The number of benzene rings is 1. The van der Waals surface area contributed by atoms with Crippen LogP contribution in [-0.4, -0.2) is 39.5 Å². The normalized spacial score (nSPS) is 19.9. The number of methoxy groups -OCH3 is 1. The van der Waals surface area contributed by atoms with Crippen molar-refractivity contribution in [1.82, 2.24) is 9.62 Å². The minimum atomic E-state index is -3.49. The molecular formula is C15H24N2O3S. The van der Waals surface area contributed by atoms with Gasteiger partial charge in [-0.25, -0.2) is 8.42 Å². The minimum absolute atomic E-state index is 0.108. The highest BCUT2D eigenvalue weighted by molar-refractivity contribution is 7.89. The lowest BCUT2D eigenvalue weighted by molar-refractivity contribution is 0.370. The first kappa shape index (κ1) is 16.3. The fraction of sp³-hybridized carbons (Fsp3) is 0.600. The third-order valence-electron chi connectivity index (χ3n) is 3.99. The fourth-order valence-electron chi connectivity index (χ4n) is 2.90. The van der Waals surface area contributed by atoms with E-state index in [4.69, 9.17) is 4.74 Å². The van der Waals surface area contributed by atoms with Crippen molar-refractivity contribution < 1.29 is 13.2 Å². The third kappa shape index (κ3) is 3.22. The van der Waals surface area contributed by atoms with Gasteiger partial charge >= 0.3 is 0 Å². The number of nitrogens with zero attached hydrogens (tertiary/aromatic N) is 1. The van der Waals surface area contributed by atoms with Crippen LogP contribution >= 0.6 is 0 Å². The van der Waals surface area contributed by atoms with Crippen LogP contribution in [0.15, 0.2) is 23.1 Å². The van der Waals surface area contributed by atoms with Crippen molar-refractivity contribution in [2.75, 3.05) is 20.7 Å². The fourth-order valence-corrected chi connectivity index (χ4v) is 4.80. The van der Waals surface area contributed by atoms with Crippen molar-refractivity contribution in [2.45, 2.75) is 43.7 Å². The first-order valence-electron chi connectivity index (χ1n) is 7.38. The van der Waals surface area contributed by atoms with E-state index in [0.29, 0.717) is 18.8 Å². The van der Waals surface area contributed by atoms with E-state index >= 15 is 0 Å². The lowest BCUT2D eigenvalue weighted by Gasteiger charge is -2.24. The molecule has 0 aromatic heterocycles. The van der Waals surface area contributed by atoms with Gasteiger partial charge < -0.3 is 10.1 Å². The Hall–Kier alpha value is -1.11. The van der Waals surface area contributed by atoms with E-state index in [1.807, 2.05) is 20.0 Å². The molecule has 1 saturated heterocycles. The van der Waals surface area contributed by atoms with E-state index in [9.17, 15) is 8.42 Å². The Bertz CT molecular complexity index is 587. The minimum Gasteiger partial charge on any atom is -0.495 e. The highest BCUT2D eigenvalue weighted by atomic mass is 32.2. The SMILES string of the molecule is CCC1CCCN1S(=O)(=O)c1ccc(CNC)cc1OC. The molecule has 6 heteroatoms. The van der Waals surface area contributed by atoms with Crippen LogP contribution < -0.4 is 10.1 Å². The summed E-state index contributed by atoms with van der Waals surface area (Å²) in [6, 6.07) is 5.39. The molecule has 0 saturated carbocycles. The van der Waals surface area contributed by atoms with Gasteiger partial charge in [-0.15, -0.1) is 0 Å². The van der Waals surface area contributed by atoms with Gasteiger partial charge in [-0.1, -0.05) is 13.0 Å². The van der Waals surface area contributed by atoms with Gasteiger partial charge in [0.1, 0.15) is 10.6 Å². The summed E-state index contributed by atoms with van der Waals surface area (Å²) in [5.41, 5.74) is 1.00. The van der Waals surface area contributed by atoms with Crippen molar-refractivity contribution >= 4 is 10.0 Å². The molecule has 1 N–H and O–H groups in total. The molecule has 21 heavy (non-hydrogen) atoms. The number of hydrogen-bond donors (Lipinski definition) is 1. The van der Waals surface area contributed by atoms with Crippen molar-refractivity contribution in [3.63, 3.8) is 0 Å². The van der Waals surface area contributed by atoms with Gasteiger partial charge in [0.25, 0.3) is 0 Å². The zero-order chi connectivity index (χ0) is 15.5. The van der Waals surface area contributed by atoms with E-state index < -0.39 is 10.0 Å². The molecule has 1 atom stereocenters. The van der Waals surface area contributed by atoms with E-state index in [-0.39, 0.29) is 10.9 Å². The van der Waals surface area contributed by atoms with Crippen molar-refractivity contribution in [2.24, 2.45) is 0 Å². The van der Waals surface area contributed by atoms with Crippen LogP contribution in [0.1, 0.15) is 31.7 Å². The number of ether oxygens (including phenoxy) is 1. The smallest absolute Gasteiger partial charge is 0.247 e. The average Bonchev–Trinajstić information content (AvgIpc) is 2.96. The van der Waals surface area contributed by atoms with Crippen molar-refractivity contribution in [3.8, 4) is 5.75 Å². The van der Waals surface area contributed by atoms with E-state index in [1.54, 1.807) is 16.4 Å². The van der Waals surface area contributed by atoms with E-state index in [0.717, 1.165) is 24.8 Å². The summed E-state index contributed by atoms with van der Waals surface area (Å²) in [4.78, 5) is 0.269. The summed E-state index contributed by atoms with van der Waals surface area (Å²) in [7, 11) is -0.119. The Kier molecular flexibility index (Phi) is 5.24. The van der Waals surface area contributed by atoms with Crippen molar-refractivity contribution in [1.29, 1.82) is 0 Å². The molecule has 1 unspecified atom stereocenters. The molecule has 1 fully saturated rings. The first-order chi connectivity index (χ1) is 10.0. The second kappa shape index (κ2) is 6.77. The second-order valence-electron chi connectivity index (χ2n) is 5.34. The molecule has 2 rings (SSSR count). The van der Waals surface area contributed by atoms with E-state index in [2.05, 4.69) is 5.32 Å². The molecule has 1 aliphatic heterocycles. The Morgan fingerprint density at radius 2 is 2.19 bits per heavy atom. The van der Waals surface area contributed by atoms with Gasteiger partial charge in [-0.2, -0.15) is 4.31 Å². The van der Waals surface area contributed by atoms with Crippen LogP contribution in [0.25, 0.3) is 0 Å². The monoisotopic (exact) mass is 312 g/mol. The standard InChI is InChI=1S/C15H24N2O3S/c1-4-13-6-5-9-17(13)21(18,19)15-8-7-12(11-16-2)10-14(15)20-3/h7-8,10,13,16H,4-6,9,11H2,1-3H3. The first-order valence-corrected chi connectivity index (χ1v) is 8.82. The predicted molar refractivity (Wildman–Crippen MR) is 83.0 cm³/mol. The maximum Gasteiger partial charge on any atom is 0.247 e. The highest BCUT2D eigenvalue weighted by Gasteiger charge is 2.35. The van der Waals surface area contributed by atoms with Crippen molar-refractivity contribution in [3.05, 3.63) is 23.8 Å². The number of sulfonamides is 1. The number of hydrogen-bond acceptors (Lipinski definition) is 4. The maximum atomic E-state index is 12.9. The van der Waals surface area contributed by atoms with Gasteiger partial charge in [0.2, 0.25) is 10.0 Å². The highest BCUT2D eigenvalue weighted by Crippen LogP contribution is 2.33.